The molecule has 2 nitrogen and oxygen atoms in total. The van der Waals surface area contributed by atoms with Crippen molar-refractivity contribution in [3.05, 3.63) is 61.8 Å². The Balaban J connectivity index is 2.60. The van der Waals surface area contributed by atoms with Gasteiger partial charge in [0.2, 0.25) is 0 Å². The van der Waals surface area contributed by atoms with Gasteiger partial charge in [-0.15, -0.1) is 0 Å². The predicted octanol–water partition coefficient (Wildman–Crippen LogP) is 7.84. The summed E-state index contributed by atoms with van der Waals surface area (Å²) in [5, 5.41) is 2.06. The van der Waals surface area contributed by atoms with Crippen LogP contribution in [0.15, 0.2) is 39.3 Å². The van der Waals surface area contributed by atoms with Crippen molar-refractivity contribution in [1.82, 2.24) is 0 Å². The smallest absolute Gasteiger partial charge is 0.320 e. The minimum Gasteiger partial charge on any atom is -0.320 e. The Bertz CT molecular complexity index is 1030. The molecule has 2 aromatic carbocycles. The zero-order valence-electron chi connectivity index (χ0n) is 15.3. The molecule has 1 atom stereocenters. The third-order valence-corrected chi connectivity index (χ3v) is 5.54. The van der Waals surface area contributed by atoms with Crippen LogP contribution in [0.4, 0.5) is 49.6 Å². The van der Waals surface area contributed by atoms with Gasteiger partial charge in [0.1, 0.15) is 5.82 Å². The quantitative estimate of drug-likeness (QED) is 0.354. The van der Waals surface area contributed by atoms with E-state index in [0.29, 0.717) is 0 Å². The second kappa shape index (κ2) is 8.50. The molecule has 14 heteroatoms. The number of nitrogens with one attached hydrogen (secondary N) is 1. The Morgan fingerprint density at radius 1 is 0.875 bits per heavy atom. The fourth-order valence-electron chi connectivity index (χ4n) is 2.61. The molecule has 0 bridgehead atoms. The lowest BCUT2D eigenvalue weighted by Crippen LogP contribution is -2.59. The summed E-state index contributed by atoms with van der Waals surface area (Å²) in [5.74, 6) is -8.91. The number of rotatable bonds is 4. The molecule has 0 saturated heterocycles. The molecule has 0 aliphatic rings. The summed E-state index contributed by atoms with van der Waals surface area (Å²) < 4.78 is 132. The zero-order chi connectivity index (χ0) is 24.9. The highest BCUT2D eigenvalue weighted by Gasteiger charge is 2.81. The number of alkyl halides is 9. The highest BCUT2D eigenvalue weighted by atomic mass is 79.9. The van der Waals surface area contributed by atoms with E-state index in [4.69, 9.17) is 0 Å². The minimum atomic E-state index is -6.88. The molecule has 0 saturated carbocycles. The molecule has 1 unspecified atom stereocenters. The molecule has 0 spiro atoms. The van der Waals surface area contributed by atoms with E-state index in [-0.39, 0.29) is 17.7 Å². The zero-order valence-corrected chi connectivity index (χ0v) is 18.5. The maximum absolute atomic E-state index is 14.6. The van der Waals surface area contributed by atoms with Crippen LogP contribution in [-0.4, -0.2) is 24.2 Å². The lowest BCUT2D eigenvalue weighted by atomic mass is 9.87. The maximum atomic E-state index is 14.6. The first kappa shape index (κ1) is 26.4. The van der Waals surface area contributed by atoms with Crippen molar-refractivity contribution in [2.24, 2.45) is 0 Å². The Labute approximate surface area is 190 Å². The van der Waals surface area contributed by atoms with Crippen LogP contribution in [-0.2, 0) is 5.67 Å². The lowest BCUT2D eigenvalue weighted by molar-refractivity contribution is -0.389. The third-order valence-electron chi connectivity index (χ3n) is 4.29. The molecule has 1 N–H and O–H groups in total. The van der Waals surface area contributed by atoms with Crippen molar-refractivity contribution in [3.63, 3.8) is 0 Å². The number of halogens is 12. The molecule has 0 aliphatic carbocycles. The number of carbonyl (C=O) groups excluding carboxylic acids is 1. The van der Waals surface area contributed by atoms with Gasteiger partial charge in [0.05, 0.1) is 11.3 Å². The van der Waals surface area contributed by atoms with E-state index in [2.05, 4.69) is 37.2 Å². The Morgan fingerprint density at radius 2 is 1.38 bits per heavy atom. The van der Waals surface area contributed by atoms with Crippen LogP contribution >= 0.6 is 31.9 Å². The molecule has 176 valence electrons. The van der Waals surface area contributed by atoms with Crippen molar-refractivity contribution >= 4 is 43.5 Å². The van der Waals surface area contributed by atoms with Crippen molar-refractivity contribution < 1.29 is 48.7 Å². The van der Waals surface area contributed by atoms with Gasteiger partial charge < -0.3 is 5.32 Å². The highest BCUT2D eigenvalue weighted by molar-refractivity contribution is 9.11. The molecule has 1 amide bonds. The summed E-state index contributed by atoms with van der Waals surface area (Å²) >= 11 is 5.22. The van der Waals surface area contributed by atoms with Gasteiger partial charge >= 0.3 is 23.9 Å². The van der Waals surface area contributed by atoms with Crippen molar-refractivity contribution in [1.29, 1.82) is 0 Å². The molecule has 0 heterocycles. The summed E-state index contributed by atoms with van der Waals surface area (Å²) in [5.41, 5.74) is -9.14. The molecule has 0 radical (unpaired) electrons. The van der Waals surface area contributed by atoms with Crippen LogP contribution in [0, 0.1) is 12.7 Å². The van der Waals surface area contributed by atoms with E-state index in [1.54, 1.807) is 0 Å². The fraction of sp³-hybridized carbons (Fsp3) is 0.278. The van der Waals surface area contributed by atoms with Crippen molar-refractivity contribution in [3.8, 4) is 0 Å². The van der Waals surface area contributed by atoms with E-state index >= 15 is 0 Å². The monoisotopic (exact) mass is 603 g/mol. The largest absolute Gasteiger partial charge is 0.457 e. The van der Waals surface area contributed by atoms with Gasteiger partial charge in [-0.05, 0) is 62.5 Å². The summed E-state index contributed by atoms with van der Waals surface area (Å²) in [7, 11) is 0. The van der Waals surface area contributed by atoms with E-state index in [1.165, 1.54) is 19.1 Å². The number of benzene rings is 2. The van der Waals surface area contributed by atoms with Crippen LogP contribution < -0.4 is 5.32 Å². The number of aryl methyl sites for hydroxylation is 1. The molecule has 32 heavy (non-hydrogen) atoms. The summed E-state index contributed by atoms with van der Waals surface area (Å²) in [6, 6.07) is 3.75. The minimum absolute atomic E-state index is 0.0140. The van der Waals surface area contributed by atoms with Gasteiger partial charge in [-0.3, -0.25) is 4.79 Å². The maximum Gasteiger partial charge on any atom is 0.457 e. The van der Waals surface area contributed by atoms with Crippen LogP contribution in [0.25, 0.3) is 0 Å². The van der Waals surface area contributed by atoms with E-state index in [1.807, 2.05) is 0 Å². The molecular weight excluding hydrogens is 596 g/mol. The molecule has 0 aromatic heterocycles. The lowest BCUT2D eigenvalue weighted by Gasteiger charge is -2.36. The predicted molar refractivity (Wildman–Crippen MR) is 101 cm³/mol. The van der Waals surface area contributed by atoms with E-state index in [0.717, 1.165) is 6.07 Å². The normalized spacial score (nSPS) is 14.8. The first-order valence-corrected chi connectivity index (χ1v) is 9.71. The van der Waals surface area contributed by atoms with Crippen LogP contribution in [0.3, 0.4) is 0 Å². The Hall–Kier alpha value is -1.83. The van der Waals surface area contributed by atoms with Gasteiger partial charge in [-0.1, -0.05) is 12.1 Å². The average Bonchev–Trinajstić information content (AvgIpc) is 2.63. The molecule has 0 aliphatic heterocycles. The van der Waals surface area contributed by atoms with Gasteiger partial charge in [0.25, 0.3) is 5.91 Å². The number of anilines is 1. The number of hydrogen-bond donors (Lipinski definition) is 1. The van der Waals surface area contributed by atoms with Gasteiger partial charge in [0.15, 0.2) is 0 Å². The van der Waals surface area contributed by atoms with Gasteiger partial charge in [0, 0.05) is 14.5 Å². The second-order valence-corrected chi connectivity index (χ2v) is 8.14. The van der Waals surface area contributed by atoms with E-state index < -0.39 is 61.4 Å². The second-order valence-electron chi connectivity index (χ2n) is 6.43. The van der Waals surface area contributed by atoms with Crippen LogP contribution in [0.1, 0.15) is 21.5 Å². The highest BCUT2D eigenvalue weighted by Crippen LogP contribution is 2.59. The Morgan fingerprint density at radius 3 is 1.81 bits per heavy atom. The summed E-state index contributed by atoms with van der Waals surface area (Å²) in [6.07, 6.45) is -13.6. The van der Waals surface area contributed by atoms with Gasteiger partial charge in [-0.2, -0.15) is 35.1 Å². The van der Waals surface area contributed by atoms with Gasteiger partial charge in [-0.25, -0.2) is 8.78 Å². The Kier molecular flexibility index (Phi) is 7.02. The topological polar surface area (TPSA) is 29.1 Å². The first-order valence-electron chi connectivity index (χ1n) is 8.12. The molecule has 2 rings (SSSR count). The fourth-order valence-corrected chi connectivity index (χ4v) is 4.00. The standard InChI is InChI=1S/C18H9Br2F10NO/c1-7-3-2-4-9(12(7)21)14(32)31-13-10(19)5-8(6-11(13)20)15(22,17(25,26)27)16(23,24)18(28,29)30/h2-6H,1H3,(H,31,32). The van der Waals surface area contributed by atoms with E-state index in [9.17, 15) is 48.7 Å². The number of hydrogen-bond acceptors (Lipinski definition) is 1. The molecule has 0 fully saturated rings. The average molecular weight is 605 g/mol. The van der Waals surface area contributed by atoms with Crippen molar-refractivity contribution in [2.45, 2.75) is 30.9 Å². The first-order chi connectivity index (χ1) is 14.4. The number of amides is 1. The number of carbonyl (C=O) groups is 1. The summed E-state index contributed by atoms with van der Waals surface area (Å²) in [4.78, 5) is 12.3. The van der Waals surface area contributed by atoms with Crippen LogP contribution in [0.5, 0.6) is 0 Å². The summed E-state index contributed by atoms with van der Waals surface area (Å²) in [6.45, 7) is 1.34. The molecular formula is C18H9Br2F10NO. The van der Waals surface area contributed by atoms with Crippen molar-refractivity contribution in [2.75, 3.05) is 5.32 Å². The third kappa shape index (κ3) is 4.35. The SMILES string of the molecule is Cc1cccc(C(=O)Nc2c(Br)cc(C(F)(C(F)(F)F)C(F)(F)C(F)(F)F)cc2Br)c1F. The molecule has 2 aromatic rings. The van der Waals surface area contributed by atoms with Crippen LogP contribution in [0.2, 0.25) is 0 Å².